The van der Waals surface area contributed by atoms with E-state index in [1.54, 1.807) is 19.1 Å². The highest BCUT2D eigenvalue weighted by Crippen LogP contribution is 2.18. The molecule has 0 aliphatic carbocycles. The molecular formula is C12H14F2O3. The molecule has 0 aromatic heterocycles. The van der Waals surface area contributed by atoms with Crippen LogP contribution in [0.2, 0.25) is 0 Å². The molecule has 1 aromatic carbocycles. The Balaban J connectivity index is 2.78. The molecule has 5 heteroatoms. The van der Waals surface area contributed by atoms with E-state index in [4.69, 9.17) is 4.74 Å². The first-order valence-electron chi connectivity index (χ1n) is 5.10. The minimum absolute atomic E-state index is 0.312. The van der Waals surface area contributed by atoms with Crippen LogP contribution in [0, 0.1) is 6.92 Å². The summed E-state index contributed by atoms with van der Waals surface area (Å²) in [5.41, 5.74) is 1.08. The number of hydrogen-bond acceptors (Lipinski definition) is 3. The Morgan fingerprint density at radius 2 is 2.18 bits per heavy atom. The van der Waals surface area contributed by atoms with E-state index in [-0.39, 0.29) is 6.61 Å². The lowest BCUT2D eigenvalue weighted by atomic mass is 10.1. The van der Waals surface area contributed by atoms with Gasteiger partial charge in [-0.3, -0.25) is 0 Å². The maximum Gasteiger partial charge on any atom is 0.338 e. The van der Waals surface area contributed by atoms with Crippen molar-refractivity contribution in [1.29, 1.82) is 0 Å². The molecule has 0 heterocycles. The van der Waals surface area contributed by atoms with Gasteiger partial charge in [-0.05, 0) is 24.6 Å². The second kappa shape index (κ2) is 6.18. The molecule has 0 N–H and O–H groups in total. The molecule has 1 aromatic rings. The Morgan fingerprint density at radius 1 is 1.47 bits per heavy atom. The number of rotatable bonds is 5. The van der Waals surface area contributed by atoms with Crippen LogP contribution in [0.1, 0.15) is 15.9 Å². The first-order chi connectivity index (χ1) is 8.08. The Bertz CT molecular complexity index is 393. The van der Waals surface area contributed by atoms with Crippen LogP contribution in [0.4, 0.5) is 8.78 Å². The maximum absolute atomic E-state index is 12.6. The van der Waals surface area contributed by atoms with Gasteiger partial charge in [-0.15, -0.1) is 0 Å². The molecule has 0 radical (unpaired) electrons. The molecule has 1 unspecified atom stereocenters. The third-order valence-electron chi connectivity index (χ3n) is 2.21. The molecule has 3 nitrogen and oxygen atoms in total. The number of carbonyl (C=O) groups excluding carboxylic acids is 1. The van der Waals surface area contributed by atoms with E-state index < -0.39 is 18.8 Å². The molecular weight excluding hydrogens is 230 g/mol. The predicted molar refractivity (Wildman–Crippen MR) is 58.9 cm³/mol. The summed E-state index contributed by atoms with van der Waals surface area (Å²) in [7, 11) is 1.27. The molecule has 17 heavy (non-hydrogen) atoms. The quantitative estimate of drug-likeness (QED) is 0.746. The molecule has 0 amide bonds. The van der Waals surface area contributed by atoms with Gasteiger partial charge in [0.25, 0.3) is 0 Å². The van der Waals surface area contributed by atoms with Crippen molar-refractivity contribution >= 4 is 5.97 Å². The summed E-state index contributed by atoms with van der Waals surface area (Å²) in [6.45, 7) is 0.283. The van der Waals surface area contributed by atoms with Crippen molar-refractivity contribution in [2.45, 2.75) is 13.1 Å². The minimum atomic E-state index is -1.65. The van der Waals surface area contributed by atoms with Crippen molar-refractivity contribution in [3.63, 3.8) is 0 Å². The fourth-order valence-electron chi connectivity index (χ4n) is 1.25. The van der Waals surface area contributed by atoms with Crippen LogP contribution in [0.25, 0.3) is 0 Å². The van der Waals surface area contributed by atoms with Crippen molar-refractivity contribution in [1.82, 2.24) is 0 Å². The first-order valence-corrected chi connectivity index (χ1v) is 5.10. The van der Waals surface area contributed by atoms with Gasteiger partial charge in [0.15, 0.2) is 6.17 Å². The molecule has 0 bridgehead atoms. The van der Waals surface area contributed by atoms with Gasteiger partial charge in [0, 0.05) is 0 Å². The highest BCUT2D eigenvalue weighted by molar-refractivity contribution is 5.91. The van der Waals surface area contributed by atoms with Crippen LogP contribution in [0.5, 0.6) is 5.75 Å². The summed E-state index contributed by atoms with van der Waals surface area (Å²) in [5, 5.41) is 0. The lowest BCUT2D eigenvalue weighted by Crippen LogP contribution is -2.15. The van der Waals surface area contributed by atoms with Crippen LogP contribution in [0.3, 0.4) is 0 Å². The smallest absolute Gasteiger partial charge is 0.338 e. The largest absolute Gasteiger partial charge is 0.490 e. The van der Waals surface area contributed by atoms with Crippen molar-refractivity contribution in [3.05, 3.63) is 29.3 Å². The van der Waals surface area contributed by atoms with Crippen LogP contribution in [-0.4, -0.2) is 32.5 Å². The van der Waals surface area contributed by atoms with Crippen LogP contribution in [-0.2, 0) is 4.74 Å². The van der Waals surface area contributed by atoms with E-state index >= 15 is 0 Å². The van der Waals surface area contributed by atoms with Gasteiger partial charge in [-0.25, -0.2) is 13.6 Å². The van der Waals surface area contributed by atoms with Crippen molar-refractivity contribution in [2.24, 2.45) is 0 Å². The zero-order valence-electron chi connectivity index (χ0n) is 9.70. The zero-order chi connectivity index (χ0) is 12.8. The Hall–Kier alpha value is -1.65. The van der Waals surface area contributed by atoms with E-state index in [1.807, 2.05) is 0 Å². The second-order valence-corrected chi connectivity index (χ2v) is 3.53. The monoisotopic (exact) mass is 244 g/mol. The number of methoxy groups -OCH3 is 1. The van der Waals surface area contributed by atoms with E-state index in [0.717, 1.165) is 5.56 Å². The Morgan fingerprint density at radius 3 is 2.76 bits per heavy atom. The summed E-state index contributed by atoms with van der Waals surface area (Å²) in [4.78, 5) is 11.4. The minimum Gasteiger partial charge on any atom is -0.490 e. The topological polar surface area (TPSA) is 35.5 Å². The summed E-state index contributed by atoms with van der Waals surface area (Å²) in [6.07, 6.45) is -1.65. The van der Waals surface area contributed by atoms with Gasteiger partial charge in [0.1, 0.15) is 19.0 Å². The van der Waals surface area contributed by atoms with E-state index in [9.17, 15) is 13.6 Å². The number of benzene rings is 1. The summed E-state index contributed by atoms with van der Waals surface area (Å²) in [6, 6.07) is 4.70. The number of hydrogen-bond donors (Lipinski definition) is 0. The number of carbonyl (C=O) groups is 1. The molecule has 94 valence electrons. The number of esters is 1. The molecule has 1 rings (SSSR count). The molecule has 0 aliphatic heterocycles. The number of ether oxygens (including phenoxy) is 2. The molecule has 0 saturated carbocycles. The van der Waals surface area contributed by atoms with Crippen molar-refractivity contribution < 1.29 is 23.0 Å². The van der Waals surface area contributed by atoms with Gasteiger partial charge >= 0.3 is 5.97 Å². The molecule has 1 atom stereocenters. The summed E-state index contributed by atoms with van der Waals surface area (Å²) in [5.74, 6) is -0.178. The Kier molecular flexibility index (Phi) is 4.87. The number of alkyl halides is 2. The van der Waals surface area contributed by atoms with Gasteiger partial charge in [-0.1, -0.05) is 6.07 Å². The normalized spacial score (nSPS) is 12.0. The molecule has 0 fully saturated rings. The standard InChI is InChI=1S/C12H14F2O3/c1-8-3-4-10(17-7-9(14)6-13)5-11(8)12(15)16-2/h3-5,9H,6-7H2,1-2H3. The van der Waals surface area contributed by atoms with Crippen molar-refractivity contribution in [3.8, 4) is 5.75 Å². The molecule has 0 spiro atoms. The third kappa shape index (κ3) is 3.69. The van der Waals surface area contributed by atoms with Gasteiger partial charge < -0.3 is 9.47 Å². The Labute approximate surface area is 98.3 Å². The van der Waals surface area contributed by atoms with Gasteiger partial charge in [0.2, 0.25) is 0 Å². The average molecular weight is 244 g/mol. The summed E-state index contributed by atoms with van der Waals surface area (Å²) >= 11 is 0. The number of aryl methyl sites for hydroxylation is 1. The van der Waals surface area contributed by atoms with Gasteiger partial charge in [-0.2, -0.15) is 0 Å². The van der Waals surface area contributed by atoms with Crippen LogP contribution >= 0.6 is 0 Å². The van der Waals surface area contributed by atoms with E-state index in [0.29, 0.717) is 11.3 Å². The zero-order valence-corrected chi connectivity index (χ0v) is 9.70. The average Bonchev–Trinajstić information content (AvgIpc) is 2.36. The highest BCUT2D eigenvalue weighted by Gasteiger charge is 2.12. The number of halogens is 2. The van der Waals surface area contributed by atoms with E-state index in [1.165, 1.54) is 13.2 Å². The van der Waals surface area contributed by atoms with Crippen molar-refractivity contribution in [2.75, 3.05) is 20.4 Å². The SMILES string of the molecule is COC(=O)c1cc(OCC(F)CF)ccc1C. The first kappa shape index (κ1) is 13.4. The lowest BCUT2D eigenvalue weighted by molar-refractivity contribution is 0.0599. The fourth-order valence-corrected chi connectivity index (χ4v) is 1.25. The second-order valence-electron chi connectivity index (χ2n) is 3.53. The highest BCUT2D eigenvalue weighted by atomic mass is 19.2. The van der Waals surface area contributed by atoms with E-state index in [2.05, 4.69) is 4.74 Å². The van der Waals surface area contributed by atoms with Crippen LogP contribution < -0.4 is 4.74 Å². The summed E-state index contributed by atoms with van der Waals surface area (Å²) < 4.78 is 34.1. The predicted octanol–water partition coefficient (Wildman–Crippen LogP) is 2.47. The van der Waals surface area contributed by atoms with Crippen LogP contribution in [0.15, 0.2) is 18.2 Å². The lowest BCUT2D eigenvalue weighted by Gasteiger charge is -2.10. The third-order valence-corrected chi connectivity index (χ3v) is 2.21. The molecule has 0 saturated heterocycles. The van der Waals surface area contributed by atoms with Gasteiger partial charge in [0.05, 0.1) is 12.7 Å². The fraction of sp³-hybridized carbons (Fsp3) is 0.417. The maximum atomic E-state index is 12.6. The molecule has 0 aliphatic rings.